The number of amides is 1. The minimum atomic E-state index is -0.455. The van der Waals surface area contributed by atoms with E-state index >= 15 is 0 Å². The van der Waals surface area contributed by atoms with Crippen LogP contribution in [0.1, 0.15) is 29.8 Å². The van der Waals surface area contributed by atoms with Gasteiger partial charge < -0.3 is 15.2 Å². The Kier molecular flexibility index (Phi) is 2.30. The standard InChI is InChI=1S/C12H15NO3/c1-12(2)6-16-10-8(12)4-7(11(13)14)5-9(10)15-3/h4-5H,6H2,1-3H3,(H2,13,14). The molecule has 1 aromatic rings. The molecule has 1 heterocycles. The Bertz CT molecular complexity index is 452. The van der Waals surface area contributed by atoms with Crippen molar-refractivity contribution in [3.63, 3.8) is 0 Å². The van der Waals surface area contributed by atoms with Crippen molar-refractivity contribution in [2.75, 3.05) is 13.7 Å². The Morgan fingerprint density at radius 1 is 1.50 bits per heavy atom. The lowest BCUT2D eigenvalue weighted by atomic mass is 9.86. The summed E-state index contributed by atoms with van der Waals surface area (Å²) in [6.07, 6.45) is 0. The molecule has 16 heavy (non-hydrogen) atoms. The van der Waals surface area contributed by atoms with E-state index in [-0.39, 0.29) is 5.41 Å². The molecule has 0 aliphatic carbocycles. The Morgan fingerprint density at radius 2 is 2.19 bits per heavy atom. The number of ether oxygens (including phenoxy) is 2. The van der Waals surface area contributed by atoms with Gasteiger partial charge in [-0.25, -0.2) is 0 Å². The summed E-state index contributed by atoms with van der Waals surface area (Å²) in [4.78, 5) is 11.2. The first-order chi connectivity index (χ1) is 7.45. The first kappa shape index (κ1) is 10.8. The van der Waals surface area contributed by atoms with E-state index in [0.717, 1.165) is 11.3 Å². The largest absolute Gasteiger partial charge is 0.493 e. The molecule has 1 amide bonds. The molecule has 4 nitrogen and oxygen atoms in total. The zero-order valence-electron chi connectivity index (χ0n) is 9.66. The number of benzene rings is 1. The van der Waals surface area contributed by atoms with E-state index in [0.29, 0.717) is 17.9 Å². The molecule has 1 aromatic carbocycles. The quantitative estimate of drug-likeness (QED) is 0.822. The van der Waals surface area contributed by atoms with Crippen molar-refractivity contribution in [3.8, 4) is 11.5 Å². The number of primary amides is 1. The summed E-state index contributed by atoms with van der Waals surface area (Å²) in [7, 11) is 1.55. The third-order valence-corrected chi connectivity index (χ3v) is 2.87. The molecule has 86 valence electrons. The van der Waals surface area contributed by atoms with E-state index in [1.54, 1.807) is 19.2 Å². The number of carbonyl (C=O) groups excluding carboxylic acids is 1. The van der Waals surface area contributed by atoms with Gasteiger partial charge in [0, 0.05) is 16.5 Å². The highest BCUT2D eigenvalue weighted by Gasteiger charge is 2.34. The van der Waals surface area contributed by atoms with Gasteiger partial charge in [0.1, 0.15) is 0 Å². The van der Waals surface area contributed by atoms with Gasteiger partial charge in [0.05, 0.1) is 13.7 Å². The molecule has 1 aliphatic heterocycles. The first-order valence-electron chi connectivity index (χ1n) is 5.11. The molecule has 0 bridgehead atoms. The maximum Gasteiger partial charge on any atom is 0.248 e. The molecular formula is C12H15NO3. The number of carbonyl (C=O) groups is 1. The highest BCUT2D eigenvalue weighted by atomic mass is 16.5. The maximum atomic E-state index is 11.2. The normalized spacial score (nSPS) is 16.4. The third-order valence-electron chi connectivity index (χ3n) is 2.87. The third kappa shape index (κ3) is 1.50. The smallest absolute Gasteiger partial charge is 0.248 e. The van der Waals surface area contributed by atoms with E-state index < -0.39 is 5.91 Å². The van der Waals surface area contributed by atoms with Crippen molar-refractivity contribution in [2.24, 2.45) is 5.73 Å². The highest BCUT2D eigenvalue weighted by molar-refractivity contribution is 5.94. The fourth-order valence-corrected chi connectivity index (χ4v) is 1.88. The predicted octanol–water partition coefficient (Wildman–Crippen LogP) is 1.46. The molecule has 0 spiro atoms. The minimum Gasteiger partial charge on any atom is -0.493 e. The maximum absolute atomic E-state index is 11.2. The summed E-state index contributed by atoms with van der Waals surface area (Å²) < 4.78 is 10.8. The van der Waals surface area contributed by atoms with Crippen LogP contribution in [0.15, 0.2) is 12.1 Å². The summed E-state index contributed by atoms with van der Waals surface area (Å²) in [5, 5.41) is 0. The summed E-state index contributed by atoms with van der Waals surface area (Å²) >= 11 is 0. The van der Waals surface area contributed by atoms with E-state index in [2.05, 4.69) is 13.8 Å². The molecular weight excluding hydrogens is 206 g/mol. The van der Waals surface area contributed by atoms with Crippen molar-refractivity contribution >= 4 is 5.91 Å². The van der Waals surface area contributed by atoms with Crippen LogP contribution in [0.5, 0.6) is 11.5 Å². The fourth-order valence-electron chi connectivity index (χ4n) is 1.88. The second-order valence-electron chi connectivity index (χ2n) is 4.59. The van der Waals surface area contributed by atoms with Crippen LogP contribution in [-0.2, 0) is 5.41 Å². The number of nitrogens with two attached hydrogens (primary N) is 1. The van der Waals surface area contributed by atoms with Crippen LogP contribution in [-0.4, -0.2) is 19.6 Å². The van der Waals surface area contributed by atoms with E-state index in [1.165, 1.54) is 0 Å². The van der Waals surface area contributed by atoms with Crippen LogP contribution in [0.25, 0.3) is 0 Å². The number of methoxy groups -OCH3 is 1. The average molecular weight is 221 g/mol. The van der Waals surface area contributed by atoms with Crippen molar-refractivity contribution in [2.45, 2.75) is 19.3 Å². The number of hydrogen-bond acceptors (Lipinski definition) is 3. The van der Waals surface area contributed by atoms with Crippen LogP contribution >= 0.6 is 0 Å². The second-order valence-corrected chi connectivity index (χ2v) is 4.59. The SMILES string of the molecule is COc1cc(C(N)=O)cc2c1OCC2(C)C. The van der Waals surface area contributed by atoms with Crippen LogP contribution < -0.4 is 15.2 Å². The molecule has 2 rings (SSSR count). The molecule has 0 radical (unpaired) electrons. The molecule has 0 unspecified atom stereocenters. The van der Waals surface area contributed by atoms with Crippen molar-refractivity contribution in [1.82, 2.24) is 0 Å². The van der Waals surface area contributed by atoms with Gasteiger partial charge in [0.2, 0.25) is 5.91 Å². The zero-order chi connectivity index (χ0) is 11.9. The predicted molar refractivity (Wildman–Crippen MR) is 60.0 cm³/mol. The summed E-state index contributed by atoms with van der Waals surface area (Å²) in [6.45, 7) is 4.70. The minimum absolute atomic E-state index is 0.117. The van der Waals surface area contributed by atoms with Gasteiger partial charge in [-0.2, -0.15) is 0 Å². The molecule has 0 saturated heterocycles. The number of rotatable bonds is 2. The molecule has 4 heteroatoms. The van der Waals surface area contributed by atoms with E-state index in [1.807, 2.05) is 0 Å². The van der Waals surface area contributed by atoms with Crippen LogP contribution in [0.4, 0.5) is 0 Å². The molecule has 1 aliphatic rings. The fraction of sp³-hybridized carbons (Fsp3) is 0.417. The number of fused-ring (bicyclic) bond motifs is 1. The van der Waals surface area contributed by atoms with Gasteiger partial charge in [-0.05, 0) is 12.1 Å². The molecule has 2 N–H and O–H groups in total. The zero-order valence-corrected chi connectivity index (χ0v) is 9.66. The lowest BCUT2D eigenvalue weighted by Crippen LogP contribution is -2.19. The van der Waals surface area contributed by atoms with Gasteiger partial charge in [-0.3, -0.25) is 4.79 Å². The Morgan fingerprint density at radius 3 is 2.75 bits per heavy atom. The Hall–Kier alpha value is -1.71. The summed E-state index contributed by atoms with van der Waals surface area (Å²) in [5.74, 6) is 0.832. The lowest BCUT2D eigenvalue weighted by molar-refractivity contribution is 0.1000. The van der Waals surface area contributed by atoms with Gasteiger partial charge in [0.25, 0.3) is 0 Å². The van der Waals surface area contributed by atoms with Crippen LogP contribution in [0.3, 0.4) is 0 Å². The van der Waals surface area contributed by atoms with Gasteiger partial charge in [0.15, 0.2) is 11.5 Å². The van der Waals surface area contributed by atoms with Crippen LogP contribution in [0.2, 0.25) is 0 Å². The lowest BCUT2D eigenvalue weighted by Gasteiger charge is -2.16. The van der Waals surface area contributed by atoms with Crippen LogP contribution in [0, 0.1) is 0 Å². The second kappa shape index (κ2) is 3.40. The molecule has 0 fully saturated rings. The Labute approximate surface area is 94.3 Å². The first-order valence-corrected chi connectivity index (χ1v) is 5.11. The summed E-state index contributed by atoms with van der Waals surface area (Å²) in [6, 6.07) is 3.40. The van der Waals surface area contributed by atoms with E-state index in [4.69, 9.17) is 15.2 Å². The van der Waals surface area contributed by atoms with Crippen molar-refractivity contribution in [3.05, 3.63) is 23.3 Å². The highest BCUT2D eigenvalue weighted by Crippen LogP contribution is 2.44. The van der Waals surface area contributed by atoms with Gasteiger partial charge in [-0.1, -0.05) is 13.8 Å². The van der Waals surface area contributed by atoms with Crippen molar-refractivity contribution < 1.29 is 14.3 Å². The molecule has 0 aromatic heterocycles. The van der Waals surface area contributed by atoms with Gasteiger partial charge >= 0.3 is 0 Å². The molecule has 0 saturated carbocycles. The summed E-state index contributed by atoms with van der Waals surface area (Å²) in [5.41, 5.74) is 6.59. The monoisotopic (exact) mass is 221 g/mol. The van der Waals surface area contributed by atoms with E-state index in [9.17, 15) is 4.79 Å². The van der Waals surface area contributed by atoms with Crippen molar-refractivity contribution in [1.29, 1.82) is 0 Å². The topological polar surface area (TPSA) is 61.5 Å². The average Bonchev–Trinajstić information content (AvgIpc) is 2.54. The van der Waals surface area contributed by atoms with Gasteiger partial charge in [-0.15, -0.1) is 0 Å². The number of hydrogen-bond donors (Lipinski definition) is 1. The molecule has 0 atom stereocenters. The Balaban J connectivity index is 2.64.